The van der Waals surface area contributed by atoms with E-state index in [9.17, 15) is 9.59 Å². The zero-order valence-electron chi connectivity index (χ0n) is 17.4. The van der Waals surface area contributed by atoms with Crippen LogP contribution in [0.4, 0.5) is 0 Å². The number of rotatable bonds is 5. The number of piperidine rings is 1. The number of aromatic nitrogens is 2. The summed E-state index contributed by atoms with van der Waals surface area (Å²) in [7, 11) is 0. The van der Waals surface area contributed by atoms with Gasteiger partial charge in [-0.05, 0) is 54.5 Å². The van der Waals surface area contributed by atoms with Gasteiger partial charge < -0.3 is 9.47 Å². The van der Waals surface area contributed by atoms with Crippen LogP contribution in [-0.4, -0.2) is 39.2 Å². The first kappa shape index (κ1) is 19.0. The number of imidazole rings is 1. The smallest absolute Gasteiger partial charge is 0.224 e. The van der Waals surface area contributed by atoms with Crippen molar-refractivity contribution < 1.29 is 9.59 Å². The van der Waals surface area contributed by atoms with Crippen LogP contribution < -0.4 is 0 Å². The summed E-state index contributed by atoms with van der Waals surface area (Å²) in [6.45, 7) is 3.85. The van der Waals surface area contributed by atoms with Gasteiger partial charge in [-0.1, -0.05) is 30.3 Å². The van der Waals surface area contributed by atoms with E-state index in [1.165, 1.54) is 16.5 Å². The molecule has 154 valence electrons. The molecule has 1 aliphatic heterocycles. The molecular formula is C25H27N3O2. The van der Waals surface area contributed by atoms with E-state index in [4.69, 9.17) is 0 Å². The number of nitrogens with zero attached hydrogens (tertiary/aromatic N) is 3. The Labute approximate surface area is 176 Å². The molecule has 1 aliphatic carbocycles. The van der Waals surface area contributed by atoms with Gasteiger partial charge in [0, 0.05) is 49.9 Å². The second kappa shape index (κ2) is 7.71. The Kier molecular flexibility index (Phi) is 4.89. The highest BCUT2D eigenvalue weighted by Crippen LogP contribution is 2.34. The molecule has 2 heterocycles. The molecule has 0 saturated carbocycles. The summed E-state index contributed by atoms with van der Waals surface area (Å²) in [5, 5.41) is 2.37. The molecule has 30 heavy (non-hydrogen) atoms. The topological polar surface area (TPSA) is 55.2 Å². The molecule has 0 bridgehead atoms. The molecule has 1 fully saturated rings. The maximum absolute atomic E-state index is 13.5. The van der Waals surface area contributed by atoms with Crippen molar-refractivity contribution in [3.05, 3.63) is 65.2 Å². The predicted molar refractivity (Wildman–Crippen MR) is 117 cm³/mol. The van der Waals surface area contributed by atoms with Crippen LogP contribution in [0.25, 0.3) is 10.8 Å². The van der Waals surface area contributed by atoms with E-state index in [-0.39, 0.29) is 17.6 Å². The summed E-state index contributed by atoms with van der Waals surface area (Å²) >= 11 is 0. The van der Waals surface area contributed by atoms with Crippen LogP contribution in [-0.2, 0) is 24.2 Å². The van der Waals surface area contributed by atoms with Gasteiger partial charge >= 0.3 is 0 Å². The SMILES string of the molecule is Cc1nccn1CCC(=O)N1CCCC(C(=O)c2ccc3c4c(cccc24)CC3)C1. The normalized spacial score (nSPS) is 18.2. The van der Waals surface area contributed by atoms with Crippen LogP contribution >= 0.6 is 0 Å². The van der Waals surface area contributed by atoms with Crippen molar-refractivity contribution in [3.8, 4) is 0 Å². The molecule has 1 amide bonds. The molecule has 1 saturated heterocycles. The summed E-state index contributed by atoms with van der Waals surface area (Å²) in [4.78, 5) is 32.4. The zero-order chi connectivity index (χ0) is 20.7. The minimum absolute atomic E-state index is 0.115. The largest absolute Gasteiger partial charge is 0.342 e. The van der Waals surface area contributed by atoms with E-state index < -0.39 is 0 Å². The lowest BCUT2D eigenvalue weighted by atomic mass is 9.87. The Balaban J connectivity index is 1.32. The van der Waals surface area contributed by atoms with Crippen molar-refractivity contribution >= 4 is 22.5 Å². The highest BCUT2D eigenvalue weighted by molar-refractivity contribution is 6.11. The summed E-state index contributed by atoms with van der Waals surface area (Å²) in [5.74, 6) is 1.12. The van der Waals surface area contributed by atoms with Gasteiger partial charge in [0.1, 0.15) is 5.82 Å². The van der Waals surface area contributed by atoms with Gasteiger partial charge in [0.2, 0.25) is 5.91 Å². The Morgan fingerprint density at radius 3 is 2.77 bits per heavy atom. The van der Waals surface area contributed by atoms with Crippen molar-refractivity contribution in [2.75, 3.05) is 13.1 Å². The van der Waals surface area contributed by atoms with Gasteiger partial charge in [-0.3, -0.25) is 9.59 Å². The third-order valence-corrected chi connectivity index (χ3v) is 6.78. The number of hydrogen-bond acceptors (Lipinski definition) is 3. The average molecular weight is 402 g/mol. The molecule has 2 aliphatic rings. The summed E-state index contributed by atoms with van der Waals surface area (Å²) in [6.07, 6.45) is 7.96. The standard InChI is InChI=1S/C25H27N3O2/c1-17-26-12-15-27(17)14-11-23(29)28-13-3-5-20(16-28)25(30)22-10-9-19-8-7-18-4-2-6-21(22)24(18)19/h2,4,6,9-10,12,15,20H,3,5,7-8,11,13-14,16H2,1H3. The molecule has 3 aromatic rings. The van der Waals surface area contributed by atoms with Crippen LogP contribution in [0, 0.1) is 12.8 Å². The van der Waals surface area contributed by atoms with Crippen molar-refractivity contribution in [2.45, 2.75) is 45.6 Å². The molecule has 5 rings (SSSR count). The van der Waals surface area contributed by atoms with E-state index in [2.05, 4.69) is 29.2 Å². The van der Waals surface area contributed by atoms with Crippen molar-refractivity contribution in [2.24, 2.45) is 5.92 Å². The number of Topliss-reactive ketones (excluding diaryl/α,β-unsaturated/α-hetero) is 1. The lowest BCUT2D eigenvalue weighted by Crippen LogP contribution is -2.42. The number of aryl methyl sites for hydroxylation is 4. The van der Waals surface area contributed by atoms with E-state index in [1.54, 1.807) is 6.20 Å². The Morgan fingerprint density at radius 2 is 1.97 bits per heavy atom. The lowest BCUT2D eigenvalue weighted by molar-refractivity contribution is -0.132. The average Bonchev–Trinajstić information content (AvgIpc) is 3.39. The van der Waals surface area contributed by atoms with Crippen LogP contribution in [0.2, 0.25) is 0 Å². The summed E-state index contributed by atoms with van der Waals surface area (Å²) in [6, 6.07) is 10.5. The first-order chi connectivity index (χ1) is 14.6. The molecule has 1 aromatic heterocycles. The van der Waals surface area contributed by atoms with Gasteiger partial charge in [0.05, 0.1) is 0 Å². The second-order valence-electron chi connectivity index (χ2n) is 8.57. The number of carbonyl (C=O) groups is 2. The quantitative estimate of drug-likeness (QED) is 0.608. The van der Waals surface area contributed by atoms with Gasteiger partial charge in [0.15, 0.2) is 5.78 Å². The highest BCUT2D eigenvalue weighted by atomic mass is 16.2. The minimum Gasteiger partial charge on any atom is -0.342 e. The van der Waals surface area contributed by atoms with Crippen LogP contribution in [0.1, 0.15) is 46.6 Å². The van der Waals surface area contributed by atoms with Crippen molar-refractivity contribution in [3.63, 3.8) is 0 Å². The van der Waals surface area contributed by atoms with E-state index >= 15 is 0 Å². The lowest BCUT2D eigenvalue weighted by Gasteiger charge is -2.32. The number of benzene rings is 2. The Hall–Kier alpha value is -2.95. The van der Waals surface area contributed by atoms with Crippen molar-refractivity contribution in [1.29, 1.82) is 0 Å². The third kappa shape index (κ3) is 3.32. The number of carbonyl (C=O) groups excluding carboxylic acids is 2. The fraction of sp³-hybridized carbons (Fsp3) is 0.400. The molecule has 0 spiro atoms. The van der Waals surface area contributed by atoms with Gasteiger partial charge in [-0.15, -0.1) is 0 Å². The summed E-state index contributed by atoms with van der Waals surface area (Å²) in [5.41, 5.74) is 3.53. The number of amides is 1. The van der Waals surface area contributed by atoms with Gasteiger partial charge in [-0.2, -0.15) is 0 Å². The molecule has 1 unspecified atom stereocenters. The predicted octanol–water partition coefficient (Wildman–Crippen LogP) is 3.95. The van der Waals surface area contributed by atoms with Crippen LogP contribution in [0.3, 0.4) is 0 Å². The Bertz CT molecular complexity index is 1120. The maximum Gasteiger partial charge on any atom is 0.224 e. The van der Waals surface area contributed by atoms with E-state index in [0.29, 0.717) is 19.5 Å². The first-order valence-corrected chi connectivity index (χ1v) is 10.9. The molecule has 2 aromatic carbocycles. The maximum atomic E-state index is 13.5. The van der Waals surface area contributed by atoms with E-state index in [1.807, 2.05) is 28.7 Å². The zero-order valence-corrected chi connectivity index (χ0v) is 17.4. The second-order valence-corrected chi connectivity index (χ2v) is 8.57. The third-order valence-electron chi connectivity index (χ3n) is 6.78. The fourth-order valence-corrected chi connectivity index (χ4v) is 5.11. The molecule has 1 atom stereocenters. The number of hydrogen-bond donors (Lipinski definition) is 0. The van der Waals surface area contributed by atoms with Crippen molar-refractivity contribution in [1.82, 2.24) is 14.5 Å². The number of likely N-dealkylation sites (tertiary alicyclic amines) is 1. The first-order valence-electron chi connectivity index (χ1n) is 10.9. The fourth-order valence-electron chi connectivity index (χ4n) is 5.11. The molecule has 0 radical (unpaired) electrons. The Morgan fingerprint density at radius 1 is 1.13 bits per heavy atom. The minimum atomic E-state index is -0.115. The molecular weight excluding hydrogens is 374 g/mol. The van der Waals surface area contributed by atoms with Gasteiger partial charge in [-0.25, -0.2) is 4.98 Å². The number of ketones is 1. The van der Waals surface area contributed by atoms with Crippen LogP contribution in [0.5, 0.6) is 0 Å². The summed E-state index contributed by atoms with van der Waals surface area (Å²) < 4.78 is 2.00. The van der Waals surface area contributed by atoms with Gasteiger partial charge in [0.25, 0.3) is 0 Å². The monoisotopic (exact) mass is 401 g/mol. The molecule has 0 N–H and O–H groups in total. The van der Waals surface area contributed by atoms with Crippen LogP contribution in [0.15, 0.2) is 42.7 Å². The van der Waals surface area contributed by atoms with E-state index in [0.717, 1.165) is 49.0 Å². The molecule has 5 nitrogen and oxygen atoms in total. The highest BCUT2D eigenvalue weighted by Gasteiger charge is 2.30. The molecule has 5 heteroatoms.